The number of rotatable bonds is 6. The third-order valence-corrected chi connectivity index (χ3v) is 13.8. The Labute approximate surface area is 322 Å². The molecule has 0 aliphatic heterocycles. The van der Waals surface area contributed by atoms with Gasteiger partial charge in [0, 0.05) is 0 Å². The molecule has 0 radical (unpaired) electrons. The van der Waals surface area contributed by atoms with Gasteiger partial charge < -0.3 is 0 Å². The van der Waals surface area contributed by atoms with E-state index in [0.717, 1.165) is 0 Å². The summed E-state index contributed by atoms with van der Waals surface area (Å²) >= 11 is 0. The molecule has 11 rings (SSSR count). The molecule has 0 aromatic heterocycles. The minimum absolute atomic E-state index is 0.638. The zero-order valence-electron chi connectivity index (χ0n) is 30.2. The van der Waals surface area contributed by atoms with E-state index >= 15 is 0 Å². The van der Waals surface area contributed by atoms with Crippen molar-refractivity contribution in [3.05, 3.63) is 212 Å². The van der Waals surface area contributed by atoms with Crippen molar-refractivity contribution in [1.82, 2.24) is 0 Å². The number of benzene rings is 10. The Bertz CT molecular complexity index is 3010. The molecule has 0 nitrogen and oxygen atoms in total. The van der Waals surface area contributed by atoms with Crippen molar-refractivity contribution >= 4 is 56.2 Å². The maximum atomic E-state index is 2.41. The summed E-state index contributed by atoms with van der Waals surface area (Å²) in [6.07, 6.45) is 0. The van der Waals surface area contributed by atoms with Gasteiger partial charge in [-0.25, -0.2) is 0 Å². The van der Waals surface area contributed by atoms with Gasteiger partial charge in [0.05, 0.1) is 0 Å². The Hall–Kier alpha value is -6.59. The van der Waals surface area contributed by atoms with Crippen molar-refractivity contribution in [3.63, 3.8) is 0 Å². The second kappa shape index (κ2) is 13.1. The highest BCUT2D eigenvalue weighted by atomic mass is 31.1. The molecule has 0 fully saturated rings. The van der Waals surface area contributed by atoms with Crippen LogP contribution in [0.4, 0.5) is 0 Å². The normalized spacial score (nSPS) is 11.8. The van der Waals surface area contributed by atoms with Crippen LogP contribution < -0.4 is 15.9 Å². The largest absolute Gasteiger partial charge is 0.0622 e. The first kappa shape index (κ1) is 31.9. The van der Waals surface area contributed by atoms with Crippen LogP contribution in [0.15, 0.2) is 212 Å². The fourth-order valence-corrected chi connectivity index (χ4v) is 11.2. The van der Waals surface area contributed by atoms with E-state index in [9.17, 15) is 0 Å². The lowest BCUT2D eigenvalue weighted by atomic mass is 9.82. The maximum absolute atomic E-state index is 2.41. The summed E-state index contributed by atoms with van der Waals surface area (Å²) in [5, 5.41) is 11.8. The van der Waals surface area contributed by atoms with E-state index in [0.29, 0.717) is 0 Å². The Morgan fingerprint density at radius 1 is 0.255 bits per heavy atom. The third-order valence-electron chi connectivity index (χ3n) is 11.3. The number of hydrogen-bond donors (Lipinski definition) is 0. The molecule has 0 amide bonds. The lowest BCUT2D eigenvalue weighted by Gasteiger charge is -2.21. The zero-order valence-corrected chi connectivity index (χ0v) is 31.0. The summed E-state index contributed by atoms with van der Waals surface area (Å²) in [5.74, 6) is 0. The minimum atomic E-state index is -0.638. The molecule has 256 valence electrons. The monoisotopic (exact) mass is 714 g/mol. The average molecular weight is 715 g/mol. The summed E-state index contributed by atoms with van der Waals surface area (Å²) < 4.78 is 0. The molecule has 0 saturated carbocycles. The molecule has 0 bridgehead atoms. The van der Waals surface area contributed by atoms with Gasteiger partial charge in [0.2, 0.25) is 0 Å². The highest BCUT2D eigenvalue weighted by Gasteiger charge is 2.30. The third kappa shape index (κ3) is 5.25. The standard InChI is InChI=1S/C54H35P/c1-4-14-38(15-5-1)51-46-22-10-11-23-47(46)52(54-49-25-13-17-37-16-12-24-48(50(37)49)53(51)54)42-29-28-40-34-39(26-27-41(40)35-42)36-30-32-45(33-31-36)55(43-18-6-2-7-19-43)44-20-8-3-9-21-44/h1-35H. The topological polar surface area (TPSA) is 0 Å². The summed E-state index contributed by atoms with van der Waals surface area (Å²) in [5.41, 5.74) is 12.9. The lowest BCUT2D eigenvalue weighted by molar-refractivity contribution is 1.63. The molecule has 10 aromatic carbocycles. The van der Waals surface area contributed by atoms with Crippen LogP contribution in [0.5, 0.6) is 0 Å². The van der Waals surface area contributed by atoms with E-state index in [2.05, 4.69) is 212 Å². The van der Waals surface area contributed by atoms with E-state index in [1.165, 1.54) is 104 Å². The van der Waals surface area contributed by atoms with Gasteiger partial charge in [0.15, 0.2) is 0 Å². The fourth-order valence-electron chi connectivity index (χ4n) is 8.92. The van der Waals surface area contributed by atoms with Crippen molar-refractivity contribution in [1.29, 1.82) is 0 Å². The predicted molar refractivity (Wildman–Crippen MR) is 238 cm³/mol. The molecule has 0 N–H and O–H groups in total. The van der Waals surface area contributed by atoms with Crippen LogP contribution in [0.25, 0.3) is 88.0 Å². The van der Waals surface area contributed by atoms with Crippen molar-refractivity contribution in [2.45, 2.75) is 0 Å². The van der Waals surface area contributed by atoms with Gasteiger partial charge in [-0.3, -0.25) is 0 Å². The SMILES string of the molecule is c1ccc(-c2c3c(c(-c4ccc5cc(-c6ccc(P(c7ccccc7)c7ccccc7)cc6)ccc5c4)c4ccccc24)-c2cccc4cccc-3c24)cc1. The zero-order chi connectivity index (χ0) is 36.3. The molecule has 1 aliphatic carbocycles. The van der Waals surface area contributed by atoms with Crippen LogP contribution in [0.3, 0.4) is 0 Å². The molecule has 1 heteroatoms. The second-order valence-electron chi connectivity index (χ2n) is 14.5. The smallest absolute Gasteiger partial charge is 0.000741 e. The molecule has 10 aromatic rings. The summed E-state index contributed by atoms with van der Waals surface area (Å²) in [6.45, 7) is 0. The molecule has 0 spiro atoms. The molecule has 0 unspecified atom stereocenters. The molecule has 55 heavy (non-hydrogen) atoms. The highest BCUT2D eigenvalue weighted by molar-refractivity contribution is 7.79. The van der Waals surface area contributed by atoms with Crippen LogP contribution in [-0.4, -0.2) is 0 Å². The van der Waals surface area contributed by atoms with Gasteiger partial charge in [-0.05, 0) is 124 Å². The Kier molecular flexibility index (Phi) is 7.58. The quantitative estimate of drug-likeness (QED) is 0.150. The van der Waals surface area contributed by atoms with Gasteiger partial charge in [-0.1, -0.05) is 200 Å². The van der Waals surface area contributed by atoms with E-state index in [-0.39, 0.29) is 0 Å². The predicted octanol–water partition coefficient (Wildman–Crippen LogP) is 13.6. The Morgan fingerprint density at radius 3 is 1.29 bits per heavy atom. The van der Waals surface area contributed by atoms with Crippen molar-refractivity contribution in [3.8, 4) is 55.6 Å². The van der Waals surface area contributed by atoms with Gasteiger partial charge in [0.25, 0.3) is 0 Å². The van der Waals surface area contributed by atoms with Gasteiger partial charge in [-0.2, -0.15) is 0 Å². The van der Waals surface area contributed by atoms with Crippen molar-refractivity contribution < 1.29 is 0 Å². The molecule has 1 aliphatic rings. The Morgan fingerprint density at radius 2 is 0.709 bits per heavy atom. The van der Waals surface area contributed by atoms with Gasteiger partial charge >= 0.3 is 0 Å². The molecular formula is C54H35P. The molecule has 0 saturated heterocycles. The average Bonchev–Trinajstić information content (AvgIpc) is 3.59. The molecule has 0 heterocycles. The van der Waals surface area contributed by atoms with E-state index < -0.39 is 7.92 Å². The fraction of sp³-hybridized carbons (Fsp3) is 0. The molecular weight excluding hydrogens is 680 g/mol. The molecule has 0 atom stereocenters. The summed E-state index contributed by atoms with van der Waals surface area (Å²) in [7, 11) is -0.638. The number of hydrogen-bond acceptors (Lipinski definition) is 0. The van der Waals surface area contributed by atoms with Crippen molar-refractivity contribution in [2.24, 2.45) is 0 Å². The van der Waals surface area contributed by atoms with Gasteiger partial charge in [0.1, 0.15) is 0 Å². The van der Waals surface area contributed by atoms with Crippen LogP contribution in [0, 0.1) is 0 Å². The van der Waals surface area contributed by atoms with E-state index in [1.54, 1.807) is 0 Å². The first-order chi connectivity index (χ1) is 27.3. The van der Waals surface area contributed by atoms with Gasteiger partial charge in [-0.15, -0.1) is 0 Å². The Balaban J connectivity index is 1.04. The summed E-state index contributed by atoms with van der Waals surface area (Å²) in [6, 6.07) is 78.7. The van der Waals surface area contributed by atoms with Crippen LogP contribution in [0.2, 0.25) is 0 Å². The second-order valence-corrected chi connectivity index (χ2v) is 16.7. The van der Waals surface area contributed by atoms with E-state index in [1.807, 2.05) is 0 Å². The maximum Gasteiger partial charge on any atom is -0.000741 e. The first-order valence-corrected chi connectivity index (χ1v) is 20.4. The minimum Gasteiger partial charge on any atom is -0.0622 e. The summed E-state index contributed by atoms with van der Waals surface area (Å²) in [4.78, 5) is 0. The van der Waals surface area contributed by atoms with Crippen LogP contribution in [0.1, 0.15) is 0 Å². The van der Waals surface area contributed by atoms with E-state index in [4.69, 9.17) is 0 Å². The van der Waals surface area contributed by atoms with Crippen molar-refractivity contribution in [2.75, 3.05) is 0 Å². The van der Waals surface area contributed by atoms with Crippen LogP contribution >= 0.6 is 7.92 Å². The first-order valence-electron chi connectivity index (χ1n) is 19.0. The lowest BCUT2D eigenvalue weighted by Crippen LogP contribution is -2.20. The number of fused-ring (bicyclic) bond motifs is 5. The van der Waals surface area contributed by atoms with Crippen LogP contribution in [-0.2, 0) is 0 Å². The highest BCUT2D eigenvalue weighted by Crippen LogP contribution is 2.57.